The lowest BCUT2D eigenvalue weighted by Gasteiger charge is -2.34. The molecule has 1 aromatic carbocycles. The zero-order chi connectivity index (χ0) is 19.9. The number of nitrogens with zero attached hydrogens (tertiary/aromatic N) is 5. The third-order valence-electron chi connectivity index (χ3n) is 5.13. The van der Waals surface area contributed by atoms with E-state index in [-0.39, 0.29) is 5.91 Å². The van der Waals surface area contributed by atoms with Crippen LogP contribution in [0.2, 0.25) is 0 Å². The van der Waals surface area contributed by atoms with Crippen LogP contribution in [-0.4, -0.2) is 60.5 Å². The highest BCUT2D eigenvalue weighted by atomic mass is 16.1. The van der Waals surface area contributed by atoms with Crippen LogP contribution in [0.1, 0.15) is 37.8 Å². The van der Waals surface area contributed by atoms with E-state index >= 15 is 0 Å². The highest BCUT2D eigenvalue weighted by molar-refractivity contribution is 5.88. The Bertz CT molecular complexity index is 854. The molecule has 28 heavy (non-hydrogen) atoms. The van der Waals surface area contributed by atoms with E-state index in [4.69, 9.17) is 9.97 Å². The molecule has 1 aliphatic heterocycles. The molecule has 7 heteroatoms. The van der Waals surface area contributed by atoms with E-state index in [1.54, 1.807) is 0 Å². The van der Waals surface area contributed by atoms with E-state index in [9.17, 15) is 10.1 Å². The number of amides is 1. The number of nitrogens with one attached hydrogen (secondary N) is 1. The third kappa shape index (κ3) is 4.57. The van der Waals surface area contributed by atoms with Crippen LogP contribution in [0, 0.1) is 11.3 Å². The summed E-state index contributed by atoms with van der Waals surface area (Å²) >= 11 is 0. The SMILES string of the molecule is CCCCCNC(=O)C(C#N)c1nc2ccccc2nc1N1CCN(C)CC1. The molecule has 0 aliphatic carbocycles. The van der Waals surface area contributed by atoms with Crippen molar-refractivity contribution in [3.63, 3.8) is 0 Å². The highest BCUT2D eigenvalue weighted by Gasteiger charge is 2.29. The number of fused-ring (bicyclic) bond motifs is 1. The van der Waals surface area contributed by atoms with Gasteiger partial charge in [-0.3, -0.25) is 4.79 Å². The number of hydrogen-bond acceptors (Lipinski definition) is 6. The first-order valence-corrected chi connectivity index (χ1v) is 10.0. The van der Waals surface area contributed by atoms with Crippen LogP contribution < -0.4 is 10.2 Å². The molecule has 1 aromatic heterocycles. The lowest BCUT2D eigenvalue weighted by molar-refractivity contribution is -0.121. The Morgan fingerprint density at radius 1 is 1.18 bits per heavy atom. The minimum atomic E-state index is -0.964. The summed E-state index contributed by atoms with van der Waals surface area (Å²) in [6, 6.07) is 9.76. The van der Waals surface area contributed by atoms with Gasteiger partial charge in [0.05, 0.1) is 17.1 Å². The quantitative estimate of drug-likeness (QED) is 0.742. The molecule has 2 aromatic rings. The number of piperazine rings is 1. The molecule has 0 saturated carbocycles. The number of aromatic nitrogens is 2. The Morgan fingerprint density at radius 3 is 2.50 bits per heavy atom. The van der Waals surface area contributed by atoms with Gasteiger partial charge >= 0.3 is 0 Å². The van der Waals surface area contributed by atoms with Crippen molar-refractivity contribution < 1.29 is 4.79 Å². The molecule has 1 atom stereocenters. The smallest absolute Gasteiger partial charge is 0.243 e. The van der Waals surface area contributed by atoms with Crippen LogP contribution in [0.25, 0.3) is 11.0 Å². The number of hydrogen-bond donors (Lipinski definition) is 1. The summed E-state index contributed by atoms with van der Waals surface area (Å²) < 4.78 is 0. The second-order valence-corrected chi connectivity index (χ2v) is 7.27. The van der Waals surface area contributed by atoms with Gasteiger partial charge in [-0.25, -0.2) is 9.97 Å². The minimum Gasteiger partial charge on any atom is -0.355 e. The first-order valence-electron chi connectivity index (χ1n) is 10.0. The molecular formula is C21H28N6O. The number of rotatable bonds is 7. The van der Waals surface area contributed by atoms with Crippen molar-refractivity contribution in [2.24, 2.45) is 0 Å². The van der Waals surface area contributed by atoms with E-state index < -0.39 is 5.92 Å². The van der Waals surface area contributed by atoms with Gasteiger partial charge < -0.3 is 15.1 Å². The monoisotopic (exact) mass is 380 g/mol. The summed E-state index contributed by atoms with van der Waals surface area (Å²) in [6.45, 7) is 6.12. The fourth-order valence-electron chi connectivity index (χ4n) is 3.38. The third-order valence-corrected chi connectivity index (χ3v) is 5.13. The molecular weight excluding hydrogens is 352 g/mol. The predicted octanol–water partition coefficient (Wildman–Crippen LogP) is 2.30. The first kappa shape index (κ1) is 20.0. The summed E-state index contributed by atoms with van der Waals surface area (Å²) in [4.78, 5) is 26.6. The molecule has 0 bridgehead atoms. The Labute approximate surface area is 166 Å². The Balaban J connectivity index is 1.93. The van der Waals surface area contributed by atoms with Gasteiger partial charge in [0.1, 0.15) is 5.69 Å². The minimum absolute atomic E-state index is 0.293. The van der Waals surface area contributed by atoms with Gasteiger partial charge in [0.15, 0.2) is 11.7 Å². The van der Waals surface area contributed by atoms with Gasteiger partial charge in [-0.15, -0.1) is 0 Å². The molecule has 1 aliphatic rings. The topological polar surface area (TPSA) is 85.1 Å². The van der Waals surface area contributed by atoms with Gasteiger partial charge in [-0.05, 0) is 25.6 Å². The molecule has 148 valence electrons. The number of nitriles is 1. The number of anilines is 1. The summed E-state index contributed by atoms with van der Waals surface area (Å²) in [6.07, 6.45) is 3.05. The van der Waals surface area contributed by atoms with Crippen molar-refractivity contribution in [3.8, 4) is 6.07 Å². The fourth-order valence-corrected chi connectivity index (χ4v) is 3.38. The summed E-state index contributed by atoms with van der Waals surface area (Å²) in [7, 11) is 2.09. The maximum atomic E-state index is 12.7. The van der Waals surface area contributed by atoms with E-state index in [1.165, 1.54) is 0 Å². The van der Waals surface area contributed by atoms with E-state index in [0.29, 0.717) is 23.6 Å². The van der Waals surface area contributed by atoms with Crippen LogP contribution >= 0.6 is 0 Å². The molecule has 2 heterocycles. The van der Waals surface area contributed by atoms with E-state index in [0.717, 1.165) is 51.0 Å². The molecule has 1 unspecified atom stereocenters. The van der Waals surface area contributed by atoms with Crippen LogP contribution in [-0.2, 0) is 4.79 Å². The van der Waals surface area contributed by atoms with Gasteiger partial charge in [0.2, 0.25) is 5.91 Å². The van der Waals surface area contributed by atoms with Gasteiger partial charge in [0.25, 0.3) is 0 Å². The molecule has 1 amide bonds. The zero-order valence-corrected chi connectivity index (χ0v) is 16.7. The molecule has 0 radical (unpaired) electrons. The van der Waals surface area contributed by atoms with Crippen LogP contribution in [0.5, 0.6) is 0 Å². The Kier molecular flexibility index (Phi) is 6.77. The van der Waals surface area contributed by atoms with Crippen LogP contribution in [0.4, 0.5) is 5.82 Å². The average Bonchev–Trinajstić information content (AvgIpc) is 2.72. The fraction of sp³-hybridized carbons (Fsp3) is 0.524. The Morgan fingerprint density at radius 2 is 1.86 bits per heavy atom. The molecule has 3 rings (SSSR count). The standard InChI is InChI=1S/C21H28N6O/c1-3-4-7-10-23-21(28)16(15-22)19-20(27-13-11-26(2)12-14-27)25-18-9-6-5-8-17(18)24-19/h5-6,8-9,16H,3-4,7,10-14H2,1-2H3,(H,23,28). The molecule has 1 saturated heterocycles. The number of para-hydroxylation sites is 2. The summed E-state index contributed by atoms with van der Waals surface area (Å²) in [5, 5.41) is 12.7. The van der Waals surface area contributed by atoms with Crippen molar-refractivity contribution in [1.29, 1.82) is 5.26 Å². The van der Waals surface area contributed by atoms with Crippen molar-refractivity contribution in [1.82, 2.24) is 20.2 Å². The van der Waals surface area contributed by atoms with Crippen molar-refractivity contribution in [2.45, 2.75) is 32.1 Å². The molecule has 1 fully saturated rings. The van der Waals surface area contributed by atoms with Gasteiger partial charge in [-0.1, -0.05) is 31.9 Å². The zero-order valence-electron chi connectivity index (χ0n) is 16.7. The van der Waals surface area contributed by atoms with Crippen molar-refractivity contribution in [3.05, 3.63) is 30.0 Å². The van der Waals surface area contributed by atoms with Crippen LogP contribution in [0.15, 0.2) is 24.3 Å². The second kappa shape index (κ2) is 9.47. The maximum absolute atomic E-state index is 12.7. The largest absolute Gasteiger partial charge is 0.355 e. The van der Waals surface area contributed by atoms with E-state index in [2.05, 4.69) is 35.2 Å². The average molecular weight is 380 g/mol. The highest BCUT2D eigenvalue weighted by Crippen LogP contribution is 2.28. The maximum Gasteiger partial charge on any atom is 0.243 e. The lowest BCUT2D eigenvalue weighted by Crippen LogP contribution is -2.45. The van der Waals surface area contributed by atoms with Gasteiger partial charge in [-0.2, -0.15) is 5.26 Å². The molecule has 7 nitrogen and oxygen atoms in total. The first-order chi connectivity index (χ1) is 13.6. The predicted molar refractivity (Wildman–Crippen MR) is 110 cm³/mol. The second-order valence-electron chi connectivity index (χ2n) is 7.27. The summed E-state index contributed by atoms with van der Waals surface area (Å²) in [5.41, 5.74) is 1.94. The molecule has 1 N–H and O–H groups in total. The van der Waals surface area contributed by atoms with Crippen LogP contribution in [0.3, 0.4) is 0 Å². The number of carbonyl (C=O) groups is 1. The van der Waals surface area contributed by atoms with Crippen molar-refractivity contribution in [2.75, 3.05) is 44.7 Å². The number of benzene rings is 1. The number of likely N-dealkylation sites (N-methyl/N-ethyl adjacent to an activating group) is 1. The van der Waals surface area contributed by atoms with Gasteiger partial charge in [0, 0.05) is 32.7 Å². The number of unbranched alkanes of at least 4 members (excludes halogenated alkanes) is 2. The lowest BCUT2D eigenvalue weighted by atomic mass is 10.0. The van der Waals surface area contributed by atoms with E-state index in [1.807, 2.05) is 24.3 Å². The van der Waals surface area contributed by atoms with Crippen molar-refractivity contribution >= 4 is 22.8 Å². The normalized spacial score (nSPS) is 16.0. The Hall–Kier alpha value is -2.72. The molecule has 0 spiro atoms. The number of carbonyl (C=O) groups excluding carboxylic acids is 1. The summed E-state index contributed by atoms with van der Waals surface area (Å²) in [5.74, 6) is -0.603.